The summed E-state index contributed by atoms with van der Waals surface area (Å²) in [5, 5.41) is 13.9. The van der Waals surface area contributed by atoms with Gasteiger partial charge < -0.3 is 5.11 Å². The largest absolute Gasteiger partial charge is 0.392 e. The third kappa shape index (κ3) is 3.78. The normalized spacial score (nSPS) is 12.5. The molecule has 3 aromatic carbocycles. The van der Waals surface area contributed by atoms with Crippen molar-refractivity contribution in [3.8, 4) is 0 Å². The molecule has 0 radical (unpaired) electrons. The van der Waals surface area contributed by atoms with E-state index in [1.807, 2.05) is 18.2 Å². The van der Waals surface area contributed by atoms with E-state index >= 15 is 0 Å². The van der Waals surface area contributed by atoms with Gasteiger partial charge in [-0.2, -0.15) is 0 Å². The van der Waals surface area contributed by atoms with Crippen LogP contribution in [0.2, 0.25) is 5.02 Å². The molecule has 4 rings (SSSR count). The number of hydrogen-bond acceptors (Lipinski definition) is 4. The summed E-state index contributed by atoms with van der Waals surface area (Å²) in [5.41, 5.74) is 1.58. The van der Waals surface area contributed by atoms with E-state index in [0.717, 1.165) is 0 Å². The molecule has 0 aliphatic rings. The fourth-order valence-corrected chi connectivity index (χ4v) is 4.45. The maximum absolute atomic E-state index is 13.0. The van der Waals surface area contributed by atoms with Crippen molar-refractivity contribution in [2.45, 2.75) is 30.5 Å². The molecule has 28 heavy (non-hydrogen) atoms. The zero-order valence-corrected chi connectivity index (χ0v) is 16.9. The fourth-order valence-electron chi connectivity index (χ4n) is 3.27. The van der Waals surface area contributed by atoms with Crippen LogP contribution in [0.1, 0.15) is 12.5 Å². The van der Waals surface area contributed by atoms with Gasteiger partial charge in [0.2, 0.25) is 0 Å². The Kier molecular flexibility index (Phi) is 5.40. The van der Waals surface area contributed by atoms with Crippen LogP contribution >= 0.6 is 23.4 Å². The SMILES string of the molecule is C[C@@H](O)Cn1c(SCc2cccc3ccccc23)nc2cc(Cl)ccc2c1=O. The number of rotatable bonds is 5. The van der Waals surface area contributed by atoms with E-state index in [2.05, 4.69) is 29.2 Å². The standard InChI is InChI=1S/C22H19ClN2O2S/c1-14(26)12-25-21(27)19-10-9-17(23)11-20(19)24-22(25)28-13-16-7-4-6-15-5-2-3-8-18(15)16/h2-11,14,26H,12-13H2,1H3/t14-/m1/s1. The molecule has 4 nitrogen and oxygen atoms in total. The Morgan fingerprint density at radius 1 is 1.11 bits per heavy atom. The Morgan fingerprint density at radius 2 is 1.89 bits per heavy atom. The monoisotopic (exact) mass is 410 g/mol. The number of halogens is 1. The van der Waals surface area contributed by atoms with Gasteiger partial charge in [-0.3, -0.25) is 9.36 Å². The Labute approximate surface area is 171 Å². The van der Waals surface area contributed by atoms with Crippen LogP contribution in [0.15, 0.2) is 70.6 Å². The van der Waals surface area contributed by atoms with Crippen LogP contribution in [0.25, 0.3) is 21.7 Å². The zero-order valence-electron chi connectivity index (χ0n) is 15.3. The lowest BCUT2D eigenvalue weighted by molar-refractivity contribution is 0.168. The molecule has 1 heterocycles. The summed E-state index contributed by atoms with van der Waals surface area (Å²) in [5.74, 6) is 0.666. The van der Waals surface area contributed by atoms with E-state index in [-0.39, 0.29) is 12.1 Å². The minimum atomic E-state index is -0.652. The van der Waals surface area contributed by atoms with Gasteiger partial charge in [-0.1, -0.05) is 65.8 Å². The van der Waals surface area contributed by atoms with Crippen LogP contribution in [0.4, 0.5) is 0 Å². The molecule has 1 aromatic heterocycles. The van der Waals surface area contributed by atoms with Crippen LogP contribution in [-0.2, 0) is 12.3 Å². The minimum Gasteiger partial charge on any atom is -0.392 e. The number of aliphatic hydroxyl groups excluding tert-OH is 1. The molecular weight excluding hydrogens is 392 g/mol. The van der Waals surface area contributed by atoms with Crippen molar-refractivity contribution in [3.05, 3.63) is 81.6 Å². The van der Waals surface area contributed by atoms with Crippen molar-refractivity contribution in [3.63, 3.8) is 0 Å². The summed E-state index contributed by atoms with van der Waals surface area (Å²) in [4.78, 5) is 17.7. The second-order valence-corrected chi connectivity index (χ2v) is 8.13. The zero-order chi connectivity index (χ0) is 19.7. The summed E-state index contributed by atoms with van der Waals surface area (Å²) in [6.07, 6.45) is -0.652. The molecule has 0 amide bonds. The Bertz CT molecular complexity index is 1220. The van der Waals surface area contributed by atoms with Crippen molar-refractivity contribution in [1.82, 2.24) is 9.55 Å². The summed E-state index contributed by atoms with van der Waals surface area (Å²) in [6, 6.07) is 19.5. The quantitative estimate of drug-likeness (QED) is 0.376. The number of aromatic nitrogens is 2. The lowest BCUT2D eigenvalue weighted by atomic mass is 10.1. The van der Waals surface area contributed by atoms with Crippen LogP contribution in [0, 0.1) is 0 Å². The second kappa shape index (κ2) is 7.95. The highest BCUT2D eigenvalue weighted by atomic mass is 35.5. The van der Waals surface area contributed by atoms with Crippen molar-refractivity contribution >= 4 is 45.0 Å². The van der Waals surface area contributed by atoms with Gasteiger partial charge in [0.05, 0.1) is 23.6 Å². The number of benzene rings is 3. The van der Waals surface area contributed by atoms with Gasteiger partial charge in [0, 0.05) is 10.8 Å². The molecule has 4 aromatic rings. The highest BCUT2D eigenvalue weighted by Crippen LogP contribution is 2.27. The first-order valence-electron chi connectivity index (χ1n) is 9.00. The first-order chi connectivity index (χ1) is 13.5. The number of hydrogen-bond donors (Lipinski definition) is 1. The average Bonchev–Trinajstić information content (AvgIpc) is 2.68. The predicted octanol–water partition coefficient (Wildman–Crippen LogP) is 4.88. The van der Waals surface area contributed by atoms with E-state index < -0.39 is 6.10 Å². The summed E-state index contributed by atoms with van der Waals surface area (Å²) in [6.45, 7) is 1.86. The maximum atomic E-state index is 13.0. The van der Waals surface area contributed by atoms with E-state index in [9.17, 15) is 9.90 Å². The average molecular weight is 411 g/mol. The van der Waals surface area contributed by atoms with Gasteiger partial charge in [0.25, 0.3) is 5.56 Å². The second-order valence-electron chi connectivity index (χ2n) is 6.75. The van der Waals surface area contributed by atoms with Crippen molar-refractivity contribution in [2.24, 2.45) is 0 Å². The fraction of sp³-hybridized carbons (Fsp3) is 0.182. The van der Waals surface area contributed by atoms with E-state index in [1.165, 1.54) is 28.1 Å². The van der Waals surface area contributed by atoms with Crippen LogP contribution in [0.5, 0.6) is 0 Å². The molecule has 0 bridgehead atoms. The van der Waals surface area contributed by atoms with E-state index in [1.54, 1.807) is 29.7 Å². The highest BCUT2D eigenvalue weighted by molar-refractivity contribution is 7.98. The third-order valence-electron chi connectivity index (χ3n) is 4.57. The number of fused-ring (bicyclic) bond motifs is 2. The van der Waals surface area contributed by atoms with Crippen molar-refractivity contribution in [1.29, 1.82) is 0 Å². The van der Waals surface area contributed by atoms with Gasteiger partial charge in [-0.05, 0) is 41.5 Å². The molecule has 0 aliphatic carbocycles. The molecule has 0 fully saturated rings. The lowest BCUT2D eigenvalue weighted by Crippen LogP contribution is -2.27. The Hall–Kier alpha value is -2.34. The van der Waals surface area contributed by atoms with Gasteiger partial charge in [0.1, 0.15) is 0 Å². The predicted molar refractivity (Wildman–Crippen MR) is 116 cm³/mol. The van der Waals surface area contributed by atoms with Crippen LogP contribution in [0.3, 0.4) is 0 Å². The molecule has 0 spiro atoms. The minimum absolute atomic E-state index is 0.164. The molecule has 0 unspecified atom stereocenters. The smallest absolute Gasteiger partial charge is 0.262 e. The Balaban J connectivity index is 1.77. The van der Waals surface area contributed by atoms with Crippen molar-refractivity contribution < 1.29 is 5.11 Å². The number of nitrogens with zero attached hydrogens (tertiary/aromatic N) is 2. The van der Waals surface area contributed by atoms with Crippen molar-refractivity contribution in [2.75, 3.05) is 0 Å². The first-order valence-corrected chi connectivity index (χ1v) is 10.4. The molecule has 6 heteroatoms. The maximum Gasteiger partial charge on any atom is 0.262 e. The third-order valence-corrected chi connectivity index (χ3v) is 5.83. The van der Waals surface area contributed by atoms with E-state index in [0.29, 0.717) is 26.8 Å². The molecule has 0 saturated heterocycles. The van der Waals surface area contributed by atoms with Gasteiger partial charge in [0.15, 0.2) is 5.16 Å². The van der Waals surface area contributed by atoms with E-state index in [4.69, 9.17) is 11.6 Å². The Morgan fingerprint density at radius 3 is 2.71 bits per heavy atom. The lowest BCUT2D eigenvalue weighted by Gasteiger charge is -2.15. The molecular formula is C22H19ClN2O2S. The van der Waals surface area contributed by atoms with Gasteiger partial charge >= 0.3 is 0 Å². The summed E-state index contributed by atoms with van der Waals surface area (Å²) < 4.78 is 1.55. The molecule has 0 aliphatic heterocycles. The van der Waals surface area contributed by atoms with Gasteiger partial charge in [-0.15, -0.1) is 0 Å². The molecule has 1 atom stereocenters. The number of thioether (sulfide) groups is 1. The van der Waals surface area contributed by atoms with Crippen LogP contribution in [-0.4, -0.2) is 20.8 Å². The highest BCUT2D eigenvalue weighted by Gasteiger charge is 2.14. The van der Waals surface area contributed by atoms with Gasteiger partial charge in [-0.25, -0.2) is 4.98 Å². The summed E-state index contributed by atoms with van der Waals surface area (Å²) >= 11 is 7.58. The topological polar surface area (TPSA) is 55.1 Å². The summed E-state index contributed by atoms with van der Waals surface area (Å²) in [7, 11) is 0. The molecule has 142 valence electrons. The first kappa shape index (κ1) is 19.0. The number of aliphatic hydroxyl groups is 1. The van der Waals surface area contributed by atoms with Crippen LogP contribution < -0.4 is 5.56 Å². The molecule has 1 N–H and O–H groups in total. The molecule has 0 saturated carbocycles.